The van der Waals surface area contributed by atoms with E-state index in [9.17, 15) is 9.90 Å². The van der Waals surface area contributed by atoms with Gasteiger partial charge < -0.3 is 10.0 Å². The van der Waals surface area contributed by atoms with Crippen LogP contribution in [0.15, 0.2) is 66.7 Å². The molecule has 5 nitrogen and oxygen atoms in total. The zero-order valence-electron chi connectivity index (χ0n) is 18.7. The zero-order chi connectivity index (χ0) is 22.1. The molecule has 1 amide bonds. The molecule has 0 unspecified atom stereocenters. The third-order valence-corrected chi connectivity index (χ3v) is 7.39. The second-order valence-corrected chi connectivity index (χ2v) is 9.31. The highest BCUT2D eigenvalue weighted by atomic mass is 16.3. The van der Waals surface area contributed by atoms with Gasteiger partial charge >= 0.3 is 0 Å². The van der Waals surface area contributed by atoms with Crippen LogP contribution in [0.2, 0.25) is 0 Å². The largest absolute Gasteiger partial charge is 0.385 e. The monoisotopic (exact) mass is 429 g/mol. The summed E-state index contributed by atoms with van der Waals surface area (Å²) in [6.07, 6.45) is 4.64. The van der Waals surface area contributed by atoms with Crippen LogP contribution in [0.25, 0.3) is 0 Å². The number of hydrogen-bond donors (Lipinski definition) is 1. The van der Waals surface area contributed by atoms with Crippen LogP contribution in [0, 0.1) is 12.8 Å². The first kappa shape index (κ1) is 21.0. The van der Waals surface area contributed by atoms with Crippen molar-refractivity contribution in [3.63, 3.8) is 0 Å². The molecule has 1 saturated heterocycles. The van der Waals surface area contributed by atoms with Crippen LogP contribution in [-0.2, 0) is 12.1 Å². The minimum absolute atomic E-state index is 0.00748. The molecule has 2 aliphatic rings. The Hall–Kier alpha value is -2.92. The standard InChI is InChI=1S/C27H31N3O2/c1-20-18-24(28-30(20)19-21-10-4-2-5-11-21)26(31)29-17-16-27(32,22-12-6-3-7-13-22)23-14-8-9-15-25(23)29/h2-7,10-13,18,23,25,32H,8-9,14-17,19H2,1H3/t23-,25-,27-/m1/s1. The molecule has 2 fully saturated rings. The van der Waals surface area contributed by atoms with E-state index < -0.39 is 5.60 Å². The SMILES string of the molecule is Cc1cc(C(=O)N2CC[C@@](O)(c3ccccc3)[C@@H]3CCCC[C@H]32)nn1Cc1ccccc1. The summed E-state index contributed by atoms with van der Waals surface area (Å²) < 4.78 is 1.91. The van der Waals surface area contributed by atoms with E-state index in [2.05, 4.69) is 17.2 Å². The molecule has 0 bridgehead atoms. The first-order valence-electron chi connectivity index (χ1n) is 11.7. The summed E-state index contributed by atoms with van der Waals surface area (Å²) in [6.45, 7) is 3.20. The minimum Gasteiger partial charge on any atom is -0.385 e. The van der Waals surface area contributed by atoms with Crippen molar-refractivity contribution in [2.75, 3.05) is 6.54 Å². The molecule has 1 aliphatic heterocycles. The number of nitrogens with zero attached hydrogens (tertiary/aromatic N) is 3. The lowest BCUT2D eigenvalue weighted by Gasteiger charge is -2.52. The van der Waals surface area contributed by atoms with Gasteiger partial charge in [-0.1, -0.05) is 73.5 Å². The molecule has 1 aromatic heterocycles. The molecule has 1 aliphatic carbocycles. The van der Waals surface area contributed by atoms with E-state index in [1.54, 1.807) is 0 Å². The number of likely N-dealkylation sites (tertiary alicyclic amines) is 1. The Morgan fingerprint density at radius 2 is 1.75 bits per heavy atom. The maximum absolute atomic E-state index is 13.6. The van der Waals surface area contributed by atoms with Gasteiger partial charge in [-0.2, -0.15) is 5.10 Å². The smallest absolute Gasteiger partial charge is 0.274 e. The summed E-state index contributed by atoms with van der Waals surface area (Å²) in [5, 5.41) is 16.4. The molecule has 1 N–H and O–H groups in total. The maximum atomic E-state index is 13.6. The summed E-state index contributed by atoms with van der Waals surface area (Å²) in [7, 11) is 0. The first-order chi connectivity index (χ1) is 15.6. The van der Waals surface area contributed by atoms with Gasteiger partial charge in [-0.25, -0.2) is 0 Å². The number of aliphatic hydroxyl groups is 1. The van der Waals surface area contributed by atoms with Crippen molar-refractivity contribution < 1.29 is 9.90 Å². The van der Waals surface area contributed by atoms with Crippen molar-refractivity contribution in [2.24, 2.45) is 5.92 Å². The molecule has 1 saturated carbocycles. The molecule has 2 heterocycles. The van der Waals surface area contributed by atoms with Crippen LogP contribution in [0.1, 0.15) is 59.4 Å². The molecule has 5 rings (SSSR count). The van der Waals surface area contributed by atoms with E-state index in [0.29, 0.717) is 25.2 Å². The lowest BCUT2D eigenvalue weighted by Crippen LogP contribution is -2.59. The van der Waals surface area contributed by atoms with Crippen molar-refractivity contribution >= 4 is 5.91 Å². The van der Waals surface area contributed by atoms with Crippen LogP contribution in [0.3, 0.4) is 0 Å². The predicted octanol–water partition coefficient (Wildman–Crippen LogP) is 4.53. The summed E-state index contributed by atoms with van der Waals surface area (Å²) in [4.78, 5) is 15.6. The Morgan fingerprint density at radius 1 is 1.06 bits per heavy atom. The second kappa shape index (κ2) is 8.55. The number of benzene rings is 2. The molecule has 3 aromatic rings. The number of rotatable bonds is 4. The topological polar surface area (TPSA) is 58.4 Å². The number of carbonyl (C=O) groups excluding carboxylic acids is 1. The Labute approximate surface area is 189 Å². The Morgan fingerprint density at radius 3 is 2.50 bits per heavy atom. The Kier molecular flexibility index (Phi) is 5.60. The normalized spacial score (nSPS) is 25.4. The average molecular weight is 430 g/mol. The van der Waals surface area contributed by atoms with Crippen molar-refractivity contribution in [3.05, 3.63) is 89.2 Å². The highest BCUT2D eigenvalue weighted by Gasteiger charge is 2.50. The molecule has 2 aromatic carbocycles. The summed E-state index contributed by atoms with van der Waals surface area (Å²) in [5.74, 6) is 0.0516. The van der Waals surface area contributed by atoms with Gasteiger partial charge in [0.2, 0.25) is 0 Å². The van der Waals surface area contributed by atoms with Crippen LogP contribution in [0.5, 0.6) is 0 Å². The zero-order valence-corrected chi connectivity index (χ0v) is 18.7. The van der Waals surface area contributed by atoms with Crippen LogP contribution < -0.4 is 0 Å². The third-order valence-electron chi connectivity index (χ3n) is 7.39. The van der Waals surface area contributed by atoms with Crippen molar-refractivity contribution in [1.29, 1.82) is 0 Å². The number of fused-ring (bicyclic) bond motifs is 1. The number of aryl methyl sites for hydroxylation is 1. The van der Waals surface area contributed by atoms with E-state index >= 15 is 0 Å². The second-order valence-electron chi connectivity index (χ2n) is 9.31. The van der Waals surface area contributed by atoms with E-state index in [-0.39, 0.29) is 17.9 Å². The van der Waals surface area contributed by atoms with Gasteiger partial charge in [-0.05, 0) is 43.4 Å². The number of aromatic nitrogens is 2. The average Bonchev–Trinajstić information content (AvgIpc) is 3.20. The minimum atomic E-state index is -0.869. The van der Waals surface area contributed by atoms with Crippen molar-refractivity contribution in [1.82, 2.24) is 14.7 Å². The summed E-state index contributed by atoms with van der Waals surface area (Å²) in [5.41, 5.74) is 2.76. The lowest BCUT2D eigenvalue weighted by molar-refractivity contribution is -0.110. The lowest BCUT2D eigenvalue weighted by atomic mass is 9.66. The van der Waals surface area contributed by atoms with Gasteiger partial charge in [0, 0.05) is 24.2 Å². The van der Waals surface area contributed by atoms with E-state index in [4.69, 9.17) is 0 Å². The molecule has 5 heteroatoms. The quantitative estimate of drug-likeness (QED) is 0.663. The van der Waals surface area contributed by atoms with Crippen LogP contribution >= 0.6 is 0 Å². The van der Waals surface area contributed by atoms with Gasteiger partial charge in [0.05, 0.1) is 12.1 Å². The highest BCUT2D eigenvalue weighted by molar-refractivity contribution is 5.92. The predicted molar refractivity (Wildman–Crippen MR) is 124 cm³/mol. The summed E-state index contributed by atoms with van der Waals surface area (Å²) >= 11 is 0. The van der Waals surface area contributed by atoms with Gasteiger partial charge in [-0.3, -0.25) is 9.48 Å². The number of hydrogen-bond acceptors (Lipinski definition) is 3. The molecule has 0 spiro atoms. The van der Waals surface area contributed by atoms with E-state index in [0.717, 1.165) is 42.5 Å². The Bertz CT molecular complexity index is 1080. The third kappa shape index (κ3) is 3.75. The number of carbonyl (C=O) groups is 1. The van der Waals surface area contributed by atoms with Crippen molar-refractivity contribution in [2.45, 2.75) is 57.2 Å². The molecular weight excluding hydrogens is 398 g/mol. The van der Waals surface area contributed by atoms with Gasteiger partial charge in [0.15, 0.2) is 5.69 Å². The summed E-state index contributed by atoms with van der Waals surface area (Å²) in [6, 6.07) is 22.2. The fourth-order valence-corrected chi connectivity index (χ4v) is 5.70. The van der Waals surface area contributed by atoms with Gasteiger partial charge in [-0.15, -0.1) is 0 Å². The van der Waals surface area contributed by atoms with Crippen LogP contribution in [-0.4, -0.2) is 38.3 Å². The fourth-order valence-electron chi connectivity index (χ4n) is 5.70. The molecule has 0 radical (unpaired) electrons. The van der Waals surface area contributed by atoms with Gasteiger partial charge in [0.1, 0.15) is 0 Å². The number of amides is 1. The van der Waals surface area contributed by atoms with E-state index in [1.807, 2.05) is 71.1 Å². The Balaban J connectivity index is 1.40. The molecular formula is C27H31N3O2. The van der Waals surface area contributed by atoms with Gasteiger partial charge in [0.25, 0.3) is 5.91 Å². The molecule has 3 atom stereocenters. The van der Waals surface area contributed by atoms with E-state index in [1.165, 1.54) is 0 Å². The molecule has 32 heavy (non-hydrogen) atoms. The first-order valence-corrected chi connectivity index (χ1v) is 11.7. The maximum Gasteiger partial charge on any atom is 0.274 e. The van der Waals surface area contributed by atoms with Crippen LogP contribution in [0.4, 0.5) is 0 Å². The van der Waals surface area contributed by atoms with Crippen molar-refractivity contribution in [3.8, 4) is 0 Å². The fraction of sp³-hybridized carbons (Fsp3) is 0.407. The highest BCUT2D eigenvalue weighted by Crippen LogP contribution is 2.47. The molecule has 166 valence electrons. The number of piperidine rings is 1.